The summed E-state index contributed by atoms with van der Waals surface area (Å²) in [5.74, 6) is 1.04. The molecule has 24 heavy (non-hydrogen) atoms. The molecule has 5 heteroatoms. The number of nitrogens with zero attached hydrogens (tertiary/aromatic N) is 4. The van der Waals surface area contributed by atoms with E-state index in [4.69, 9.17) is 5.10 Å². The molecule has 0 fully saturated rings. The van der Waals surface area contributed by atoms with Gasteiger partial charge in [0.1, 0.15) is 5.82 Å². The van der Waals surface area contributed by atoms with Crippen molar-refractivity contribution < 1.29 is 0 Å². The first-order chi connectivity index (χ1) is 11.6. The summed E-state index contributed by atoms with van der Waals surface area (Å²) in [5.41, 5.74) is 4.84. The molecule has 1 N–H and O–H groups in total. The van der Waals surface area contributed by atoms with Gasteiger partial charge in [-0.05, 0) is 26.3 Å². The van der Waals surface area contributed by atoms with Gasteiger partial charge in [-0.3, -0.25) is 4.68 Å². The van der Waals surface area contributed by atoms with E-state index in [0.29, 0.717) is 0 Å². The fourth-order valence-corrected chi connectivity index (χ4v) is 3.04. The normalized spacial score (nSPS) is 12.5. The summed E-state index contributed by atoms with van der Waals surface area (Å²) in [6, 6.07) is 10.6. The second kappa shape index (κ2) is 7.01. The van der Waals surface area contributed by atoms with Gasteiger partial charge < -0.3 is 9.88 Å². The summed E-state index contributed by atoms with van der Waals surface area (Å²) in [4.78, 5) is 4.41. The molecule has 0 aliphatic carbocycles. The van der Waals surface area contributed by atoms with E-state index in [0.717, 1.165) is 24.6 Å². The molecule has 0 saturated carbocycles. The number of hydrogen-bond donors (Lipinski definition) is 1. The summed E-state index contributed by atoms with van der Waals surface area (Å²) >= 11 is 0. The molecule has 0 aliphatic heterocycles. The van der Waals surface area contributed by atoms with Crippen LogP contribution in [0.4, 0.5) is 0 Å². The number of nitrogens with one attached hydrogen (secondary N) is 1. The Kier molecular flexibility index (Phi) is 4.81. The lowest BCUT2D eigenvalue weighted by molar-refractivity contribution is 0.527. The molecule has 0 saturated heterocycles. The average molecular weight is 323 g/mol. The first-order valence-electron chi connectivity index (χ1n) is 8.33. The number of aryl methyl sites for hydroxylation is 2. The van der Waals surface area contributed by atoms with Gasteiger partial charge in [-0.2, -0.15) is 5.10 Å². The smallest absolute Gasteiger partial charge is 0.125 e. The predicted octanol–water partition coefficient (Wildman–Crippen LogP) is 3.13. The zero-order chi connectivity index (χ0) is 17.1. The molecule has 5 nitrogen and oxygen atoms in total. The molecule has 0 amide bonds. The lowest BCUT2D eigenvalue weighted by Crippen LogP contribution is -2.21. The SMILES string of the molecule is Cc1nn(Cc2ccccc2)c(C)c1CNC(C)c1nccn1C. The van der Waals surface area contributed by atoms with Crippen molar-refractivity contribution in [3.8, 4) is 0 Å². The molecule has 0 aliphatic rings. The molecule has 0 spiro atoms. The largest absolute Gasteiger partial charge is 0.337 e. The molecule has 1 aromatic carbocycles. The van der Waals surface area contributed by atoms with Gasteiger partial charge in [0.25, 0.3) is 0 Å². The Morgan fingerprint density at radius 3 is 2.58 bits per heavy atom. The van der Waals surface area contributed by atoms with Crippen LogP contribution in [-0.2, 0) is 20.1 Å². The van der Waals surface area contributed by atoms with Crippen molar-refractivity contribution in [2.75, 3.05) is 0 Å². The molecule has 1 atom stereocenters. The number of imidazole rings is 1. The van der Waals surface area contributed by atoms with Crippen LogP contribution in [0.15, 0.2) is 42.7 Å². The van der Waals surface area contributed by atoms with Crippen LogP contribution in [0.3, 0.4) is 0 Å². The maximum Gasteiger partial charge on any atom is 0.125 e. The lowest BCUT2D eigenvalue weighted by Gasteiger charge is -2.14. The van der Waals surface area contributed by atoms with Crippen molar-refractivity contribution in [3.63, 3.8) is 0 Å². The minimum atomic E-state index is 0.196. The van der Waals surface area contributed by atoms with Gasteiger partial charge in [0.15, 0.2) is 0 Å². The Bertz CT molecular complexity index is 801. The van der Waals surface area contributed by atoms with Crippen LogP contribution in [0.2, 0.25) is 0 Å². The van der Waals surface area contributed by atoms with Crippen molar-refractivity contribution >= 4 is 0 Å². The Morgan fingerprint density at radius 2 is 1.92 bits per heavy atom. The van der Waals surface area contributed by atoms with Gasteiger partial charge in [0, 0.05) is 37.2 Å². The van der Waals surface area contributed by atoms with Gasteiger partial charge in [-0.25, -0.2) is 4.98 Å². The van der Waals surface area contributed by atoms with E-state index in [9.17, 15) is 0 Å². The molecular formula is C19H25N5. The third-order valence-corrected chi connectivity index (χ3v) is 4.54. The van der Waals surface area contributed by atoms with Gasteiger partial charge >= 0.3 is 0 Å². The van der Waals surface area contributed by atoms with Gasteiger partial charge in [0.2, 0.25) is 0 Å². The molecular weight excluding hydrogens is 298 g/mol. The van der Waals surface area contributed by atoms with Crippen LogP contribution >= 0.6 is 0 Å². The molecule has 0 radical (unpaired) electrons. The van der Waals surface area contributed by atoms with E-state index < -0.39 is 0 Å². The Labute approximate surface area is 143 Å². The zero-order valence-corrected chi connectivity index (χ0v) is 14.8. The number of rotatable bonds is 6. The molecule has 3 aromatic rings. The van der Waals surface area contributed by atoms with Crippen molar-refractivity contribution in [2.45, 2.75) is 39.9 Å². The summed E-state index contributed by atoms with van der Waals surface area (Å²) < 4.78 is 4.14. The summed E-state index contributed by atoms with van der Waals surface area (Å²) in [6.07, 6.45) is 3.81. The number of hydrogen-bond acceptors (Lipinski definition) is 3. The van der Waals surface area contributed by atoms with Crippen molar-refractivity contribution in [2.24, 2.45) is 7.05 Å². The highest BCUT2D eigenvalue weighted by molar-refractivity contribution is 5.26. The van der Waals surface area contributed by atoms with Gasteiger partial charge in [-0.1, -0.05) is 30.3 Å². The first-order valence-corrected chi connectivity index (χ1v) is 8.33. The third-order valence-electron chi connectivity index (χ3n) is 4.54. The van der Waals surface area contributed by atoms with Crippen LogP contribution in [0, 0.1) is 13.8 Å². The maximum atomic E-state index is 4.72. The molecule has 1 unspecified atom stereocenters. The van der Waals surface area contributed by atoms with Crippen molar-refractivity contribution in [1.82, 2.24) is 24.6 Å². The van der Waals surface area contributed by atoms with E-state index in [1.54, 1.807) is 0 Å². The predicted molar refractivity (Wildman–Crippen MR) is 95.7 cm³/mol. The van der Waals surface area contributed by atoms with Crippen LogP contribution in [0.5, 0.6) is 0 Å². The highest BCUT2D eigenvalue weighted by Gasteiger charge is 2.15. The third kappa shape index (κ3) is 3.41. The fourth-order valence-electron chi connectivity index (χ4n) is 3.04. The molecule has 126 valence electrons. The topological polar surface area (TPSA) is 47.7 Å². The minimum absolute atomic E-state index is 0.196. The van der Waals surface area contributed by atoms with Crippen molar-refractivity contribution in [1.29, 1.82) is 0 Å². The lowest BCUT2D eigenvalue weighted by atomic mass is 10.1. The Balaban J connectivity index is 1.71. The first kappa shape index (κ1) is 16.5. The second-order valence-corrected chi connectivity index (χ2v) is 6.29. The molecule has 3 rings (SSSR count). The molecule has 2 heterocycles. The van der Waals surface area contributed by atoms with E-state index in [1.165, 1.54) is 16.8 Å². The quantitative estimate of drug-likeness (QED) is 0.758. The number of benzene rings is 1. The van der Waals surface area contributed by atoms with E-state index in [-0.39, 0.29) is 6.04 Å². The van der Waals surface area contributed by atoms with Crippen LogP contribution in [0.25, 0.3) is 0 Å². The summed E-state index contributed by atoms with van der Waals surface area (Å²) in [6.45, 7) is 7.96. The Morgan fingerprint density at radius 1 is 1.17 bits per heavy atom. The summed E-state index contributed by atoms with van der Waals surface area (Å²) in [7, 11) is 2.02. The van der Waals surface area contributed by atoms with Crippen LogP contribution in [0.1, 0.15) is 41.3 Å². The van der Waals surface area contributed by atoms with Crippen molar-refractivity contribution in [3.05, 3.63) is 71.1 Å². The molecule has 2 aromatic heterocycles. The Hall–Kier alpha value is -2.40. The van der Waals surface area contributed by atoms with E-state index in [1.807, 2.05) is 25.5 Å². The summed E-state index contributed by atoms with van der Waals surface area (Å²) in [5, 5.41) is 8.28. The standard InChI is InChI=1S/C19H25N5/c1-14-18(12-21-15(2)19-20-10-11-23(19)4)16(3)24(22-14)13-17-8-6-5-7-9-17/h5-11,15,21H,12-13H2,1-4H3. The zero-order valence-electron chi connectivity index (χ0n) is 14.8. The highest BCUT2D eigenvalue weighted by atomic mass is 15.3. The van der Waals surface area contributed by atoms with Crippen LogP contribution < -0.4 is 5.32 Å². The van der Waals surface area contributed by atoms with Gasteiger partial charge in [0.05, 0.1) is 18.3 Å². The minimum Gasteiger partial charge on any atom is -0.337 e. The average Bonchev–Trinajstić information content (AvgIpc) is 3.11. The fraction of sp³-hybridized carbons (Fsp3) is 0.368. The van der Waals surface area contributed by atoms with E-state index in [2.05, 4.69) is 64.6 Å². The highest BCUT2D eigenvalue weighted by Crippen LogP contribution is 2.17. The van der Waals surface area contributed by atoms with Gasteiger partial charge in [-0.15, -0.1) is 0 Å². The molecule has 0 bridgehead atoms. The maximum absolute atomic E-state index is 4.72. The second-order valence-electron chi connectivity index (χ2n) is 6.29. The van der Waals surface area contributed by atoms with E-state index >= 15 is 0 Å². The monoisotopic (exact) mass is 323 g/mol. The number of aromatic nitrogens is 4. The van der Waals surface area contributed by atoms with Crippen LogP contribution in [-0.4, -0.2) is 19.3 Å².